The van der Waals surface area contributed by atoms with Crippen molar-refractivity contribution in [1.29, 1.82) is 0 Å². The highest BCUT2D eigenvalue weighted by molar-refractivity contribution is 5.32. The lowest BCUT2D eigenvalue weighted by Gasteiger charge is -2.11. The van der Waals surface area contributed by atoms with E-state index in [9.17, 15) is 4.39 Å². The van der Waals surface area contributed by atoms with Crippen LogP contribution in [0.4, 0.5) is 4.39 Å². The molecule has 1 atom stereocenters. The van der Waals surface area contributed by atoms with Gasteiger partial charge in [0.15, 0.2) is 0 Å². The van der Waals surface area contributed by atoms with E-state index in [0.717, 1.165) is 0 Å². The van der Waals surface area contributed by atoms with Crippen LogP contribution in [0, 0.1) is 12.7 Å². The van der Waals surface area contributed by atoms with Gasteiger partial charge in [0.25, 0.3) is 0 Å². The summed E-state index contributed by atoms with van der Waals surface area (Å²) in [6, 6.07) is 4.13. The van der Waals surface area contributed by atoms with Gasteiger partial charge < -0.3 is 14.9 Å². The van der Waals surface area contributed by atoms with Crippen LogP contribution in [0.15, 0.2) is 18.2 Å². The number of benzene rings is 1. The van der Waals surface area contributed by atoms with Gasteiger partial charge in [0.2, 0.25) is 0 Å². The van der Waals surface area contributed by atoms with Crippen LogP contribution in [-0.2, 0) is 0 Å². The first kappa shape index (κ1) is 10.9. The minimum atomic E-state index is -0.903. The van der Waals surface area contributed by atoms with Crippen LogP contribution in [0.5, 0.6) is 5.75 Å². The fraction of sp³-hybridized carbons (Fsp3) is 0.400. The second kappa shape index (κ2) is 4.93. The molecule has 0 aliphatic heterocycles. The van der Waals surface area contributed by atoms with Gasteiger partial charge in [-0.1, -0.05) is 0 Å². The van der Waals surface area contributed by atoms with Crippen molar-refractivity contribution in [2.24, 2.45) is 0 Å². The molecule has 0 fully saturated rings. The number of aliphatic hydroxyl groups is 2. The van der Waals surface area contributed by atoms with E-state index in [2.05, 4.69) is 0 Å². The van der Waals surface area contributed by atoms with Gasteiger partial charge in [-0.3, -0.25) is 0 Å². The van der Waals surface area contributed by atoms with Crippen LogP contribution in [0.2, 0.25) is 0 Å². The summed E-state index contributed by atoms with van der Waals surface area (Å²) < 4.78 is 17.8. The molecule has 1 aromatic rings. The molecule has 0 heterocycles. The number of hydrogen-bond acceptors (Lipinski definition) is 3. The molecule has 14 heavy (non-hydrogen) atoms. The Hall–Kier alpha value is -1.13. The van der Waals surface area contributed by atoms with Gasteiger partial charge in [0.05, 0.1) is 6.61 Å². The molecule has 1 aromatic carbocycles. The summed E-state index contributed by atoms with van der Waals surface area (Å²) in [6.07, 6.45) is -0.903. The normalized spacial score (nSPS) is 12.6. The van der Waals surface area contributed by atoms with Gasteiger partial charge in [-0.15, -0.1) is 0 Å². The molecule has 1 rings (SSSR count). The number of hydrogen-bond donors (Lipinski definition) is 2. The molecular weight excluding hydrogens is 187 g/mol. The summed E-state index contributed by atoms with van der Waals surface area (Å²) in [6.45, 7) is 1.37. The molecule has 0 aliphatic carbocycles. The summed E-state index contributed by atoms with van der Waals surface area (Å²) in [5.41, 5.74) is 0.662. The zero-order valence-corrected chi connectivity index (χ0v) is 7.90. The van der Waals surface area contributed by atoms with Crippen molar-refractivity contribution >= 4 is 0 Å². The lowest BCUT2D eigenvalue weighted by atomic mass is 10.2. The average molecular weight is 200 g/mol. The van der Waals surface area contributed by atoms with E-state index in [0.29, 0.717) is 11.3 Å². The highest BCUT2D eigenvalue weighted by Gasteiger charge is 2.05. The van der Waals surface area contributed by atoms with Gasteiger partial charge in [-0.25, -0.2) is 4.39 Å². The van der Waals surface area contributed by atoms with Gasteiger partial charge in [0.1, 0.15) is 24.3 Å². The minimum Gasteiger partial charge on any atom is -0.491 e. The highest BCUT2D eigenvalue weighted by Crippen LogP contribution is 2.18. The standard InChI is InChI=1S/C10H13FO3/c1-7-4-8(11)2-3-10(7)14-6-9(13)5-12/h2-4,9,12-13H,5-6H2,1H3. The van der Waals surface area contributed by atoms with Crippen molar-refractivity contribution in [2.45, 2.75) is 13.0 Å². The first-order chi connectivity index (χ1) is 6.63. The molecule has 4 heteroatoms. The third-order valence-electron chi connectivity index (χ3n) is 1.78. The maximum atomic E-state index is 12.7. The topological polar surface area (TPSA) is 49.7 Å². The predicted molar refractivity (Wildman–Crippen MR) is 49.7 cm³/mol. The van der Waals surface area contributed by atoms with Crippen molar-refractivity contribution in [2.75, 3.05) is 13.2 Å². The summed E-state index contributed by atoms with van der Waals surface area (Å²) in [5, 5.41) is 17.6. The predicted octanol–water partition coefficient (Wildman–Crippen LogP) is 0.866. The maximum Gasteiger partial charge on any atom is 0.123 e. The van der Waals surface area contributed by atoms with E-state index in [1.807, 2.05) is 0 Å². The molecule has 3 nitrogen and oxygen atoms in total. The molecule has 0 radical (unpaired) electrons. The van der Waals surface area contributed by atoms with Crippen LogP contribution >= 0.6 is 0 Å². The fourth-order valence-electron chi connectivity index (χ4n) is 1.01. The minimum absolute atomic E-state index is 0.00295. The van der Waals surface area contributed by atoms with Gasteiger partial charge >= 0.3 is 0 Å². The molecule has 0 amide bonds. The van der Waals surface area contributed by atoms with Gasteiger partial charge in [-0.05, 0) is 30.7 Å². The van der Waals surface area contributed by atoms with Crippen molar-refractivity contribution in [3.8, 4) is 5.75 Å². The van der Waals surface area contributed by atoms with Crippen LogP contribution in [-0.4, -0.2) is 29.5 Å². The Labute approximate surface area is 81.8 Å². The van der Waals surface area contributed by atoms with E-state index in [1.54, 1.807) is 6.92 Å². The molecule has 0 aromatic heterocycles. The number of halogens is 1. The zero-order valence-electron chi connectivity index (χ0n) is 7.90. The zero-order chi connectivity index (χ0) is 10.6. The van der Waals surface area contributed by atoms with Gasteiger partial charge in [-0.2, -0.15) is 0 Å². The molecule has 0 saturated heterocycles. The van der Waals surface area contributed by atoms with Crippen molar-refractivity contribution in [1.82, 2.24) is 0 Å². The summed E-state index contributed by atoms with van der Waals surface area (Å²) in [5.74, 6) is 0.191. The van der Waals surface area contributed by atoms with E-state index in [4.69, 9.17) is 14.9 Å². The van der Waals surface area contributed by atoms with E-state index in [1.165, 1.54) is 18.2 Å². The Bertz CT molecular complexity index is 301. The van der Waals surface area contributed by atoms with Crippen LogP contribution < -0.4 is 4.74 Å². The quantitative estimate of drug-likeness (QED) is 0.758. The van der Waals surface area contributed by atoms with Crippen LogP contribution in [0.1, 0.15) is 5.56 Å². The molecule has 78 valence electrons. The SMILES string of the molecule is Cc1cc(F)ccc1OCC(O)CO. The van der Waals surface area contributed by atoms with Crippen LogP contribution in [0.25, 0.3) is 0 Å². The number of rotatable bonds is 4. The Morgan fingerprint density at radius 3 is 2.79 bits per heavy atom. The lowest BCUT2D eigenvalue weighted by Crippen LogP contribution is -2.21. The van der Waals surface area contributed by atoms with Gasteiger partial charge in [0, 0.05) is 0 Å². The molecule has 0 aliphatic rings. The number of ether oxygens (including phenoxy) is 1. The Morgan fingerprint density at radius 2 is 2.21 bits per heavy atom. The third kappa shape index (κ3) is 2.97. The monoisotopic (exact) mass is 200 g/mol. The first-order valence-electron chi connectivity index (χ1n) is 4.31. The smallest absolute Gasteiger partial charge is 0.123 e. The highest BCUT2D eigenvalue weighted by atomic mass is 19.1. The molecule has 1 unspecified atom stereocenters. The summed E-state index contributed by atoms with van der Waals surface area (Å²) in [7, 11) is 0. The Balaban J connectivity index is 2.59. The molecular formula is C10H13FO3. The molecule has 0 bridgehead atoms. The van der Waals surface area contributed by atoms with E-state index in [-0.39, 0.29) is 19.0 Å². The van der Waals surface area contributed by atoms with E-state index < -0.39 is 6.10 Å². The number of aliphatic hydroxyl groups excluding tert-OH is 2. The molecule has 0 spiro atoms. The average Bonchev–Trinajstić information content (AvgIpc) is 2.16. The number of aryl methyl sites for hydroxylation is 1. The summed E-state index contributed by atoms with van der Waals surface area (Å²) in [4.78, 5) is 0. The van der Waals surface area contributed by atoms with Crippen molar-refractivity contribution in [3.05, 3.63) is 29.6 Å². The van der Waals surface area contributed by atoms with E-state index >= 15 is 0 Å². The molecule has 2 N–H and O–H groups in total. The second-order valence-corrected chi connectivity index (χ2v) is 3.06. The Kier molecular flexibility index (Phi) is 3.85. The van der Waals surface area contributed by atoms with Crippen LogP contribution in [0.3, 0.4) is 0 Å². The van der Waals surface area contributed by atoms with Crippen molar-refractivity contribution in [3.63, 3.8) is 0 Å². The molecule has 0 saturated carbocycles. The fourth-order valence-corrected chi connectivity index (χ4v) is 1.01. The Morgan fingerprint density at radius 1 is 1.50 bits per heavy atom. The first-order valence-corrected chi connectivity index (χ1v) is 4.31. The third-order valence-corrected chi connectivity index (χ3v) is 1.78. The maximum absolute atomic E-state index is 12.7. The van der Waals surface area contributed by atoms with Crippen molar-refractivity contribution < 1.29 is 19.3 Å². The summed E-state index contributed by atoms with van der Waals surface area (Å²) >= 11 is 0. The largest absolute Gasteiger partial charge is 0.491 e. The second-order valence-electron chi connectivity index (χ2n) is 3.06. The lowest BCUT2D eigenvalue weighted by molar-refractivity contribution is 0.0533.